The molecule has 21 heavy (non-hydrogen) atoms. The highest BCUT2D eigenvalue weighted by Crippen LogP contribution is 2.48. The lowest BCUT2D eigenvalue weighted by atomic mass is 9.76. The maximum Gasteiger partial charge on any atom is 0.234 e. The van der Waals surface area contributed by atoms with Crippen LogP contribution in [0.3, 0.4) is 0 Å². The van der Waals surface area contributed by atoms with Crippen LogP contribution in [0.2, 0.25) is 0 Å². The summed E-state index contributed by atoms with van der Waals surface area (Å²) in [6.45, 7) is 6.40. The first-order valence-electron chi connectivity index (χ1n) is 8.02. The van der Waals surface area contributed by atoms with E-state index in [2.05, 4.69) is 42.8 Å². The van der Waals surface area contributed by atoms with Crippen molar-refractivity contribution in [2.45, 2.75) is 57.9 Å². The van der Waals surface area contributed by atoms with Crippen molar-refractivity contribution in [1.29, 1.82) is 0 Å². The maximum atomic E-state index is 12.1. The number of benzene rings is 1. The number of carbonyl (C=O) groups is 1. The molecule has 3 rings (SSSR count). The highest BCUT2D eigenvalue weighted by atomic mass is 16.2. The van der Waals surface area contributed by atoms with E-state index in [9.17, 15) is 4.79 Å². The van der Waals surface area contributed by atoms with E-state index in [1.54, 1.807) is 0 Å². The normalized spacial score (nSPS) is 23.7. The molecule has 2 N–H and O–H groups in total. The molecule has 1 saturated carbocycles. The summed E-state index contributed by atoms with van der Waals surface area (Å²) >= 11 is 0. The van der Waals surface area contributed by atoms with Gasteiger partial charge in [-0.05, 0) is 56.3 Å². The largest absolute Gasteiger partial charge is 0.325 e. The summed E-state index contributed by atoms with van der Waals surface area (Å²) in [5, 5.41) is 6.52. The fourth-order valence-electron chi connectivity index (χ4n) is 4.16. The van der Waals surface area contributed by atoms with Gasteiger partial charge in [0.2, 0.25) is 5.91 Å². The van der Waals surface area contributed by atoms with Crippen molar-refractivity contribution < 1.29 is 4.79 Å². The Bertz CT molecular complexity index is 571. The van der Waals surface area contributed by atoms with Crippen molar-refractivity contribution in [3.05, 3.63) is 29.3 Å². The van der Waals surface area contributed by atoms with E-state index in [-0.39, 0.29) is 5.91 Å². The summed E-state index contributed by atoms with van der Waals surface area (Å²) < 4.78 is 0. The molecule has 0 aromatic heterocycles. The summed E-state index contributed by atoms with van der Waals surface area (Å²) in [4.78, 5) is 12.1. The first kappa shape index (κ1) is 14.6. The molecule has 1 fully saturated rings. The second kappa shape index (κ2) is 4.84. The van der Waals surface area contributed by atoms with Crippen LogP contribution >= 0.6 is 0 Å². The Kier molecular flexibility index (Phi) is 3.36. The molecule has 1 amide bonds. The van der Waals surface area contributed by atoms with Crippen LogP contribution in [0, 0.1) is 5.41 Å². The Morgan fingerprint density at radius 2 is 1.86 bits per heavy atom. The Morgan fingerprint density at radius 1 is 1.19 bits per heavy atom. The number of nitrogens with one attached hydrogen (secondary N) is 2. The number of carbonyl (C=O) groups excluding carboxylic acids is 1. The summed E-state index contributed by atoms with van der Waals surface area (Å²) in [7, 11) is 2.05. The number of rotatable bonds is 3. The van der Waals surface area contributed by atoms with Crippen LogP contribution in [-0.2, 0) is 10.2 Å². The van der Waals surface area contributed by atoms with E-state index in [0.717, 1.165) is 11.3 Å². The Balaban J connectivity index is 2.01. The molecule has 0 spiro atoms. The van der Waals surface area contributed by atoms with Crippen LogP contribution in [0.15, 0.2) is 18.2 Å². The second-order valence-corrected chi connectivity index (χ2v) is 7.47. The van der Waals surface area contributed by atoms with Crippen molar-refractivity contribution in [2.75, 3.05) is 12.4 Å². The molecule has 1 aromatic rings. The van der Waals surface area contributed by atoms with Gasteiger partial charge in [-0.25, -0.2) is 0 Å². The van der Waals surface area contributed by atoms with Gasteiger partial charge in [-0.3, -0.25) is 4.79 Å². The molecule has 0 radical (unpaired) electrons. The van der Waals surface area contributed by atoms with Gasteiger partial charge < -0.3 is 10.6 Å². The molecule has 1 heterocycles. The van der Waals surface area contributed by atoms with Gasteiger partial charge in [0, 0.05) is 11.7 Å². The number of amides is 1. The molecule has 114 valence electrons. The van der Waals surface area contributed by atoms with Gasteiger partial charge in [-0.2, -0.15) is 0 Å². The van der Waals surface area contributed by atoms with Gasteiger partial charge in [0.05, 0.1) is 5.41 Å². The number of anilines is 1. The Morgan fingerprint density at radius 3 is 2.48 bits per heavy atom. The van der Waals surface area contributed by atoms with E-state index in [1.165, 1.54) is 31.2 Å². The van der Waals surface area contributed by atoms with Gasteiger partial charge in [0.25, 0.3) is 0 Å². The topological polar surface area (TPSA) is 41.1 Å². The molecule has 0 saturated heterocycles. The number of hydrogen-bond donors (Lipinski definition) is 2. The smallest absolute Gasteiger partial charge is 0.234 e. The molecule has 1 aromatic carbocycles. The van der Waals surface area contributed by atoms with Crippen molar-refractivity contribution >= 4 is 11.6 Å². The minimum Gasteiger partial charge on any atom is -0.325 e. The van der Waals surface area contributed by atoms with Crippen molar-refractivity contribution in [2.24, 2.45) is 5.41 Å². The minimum atomic E-state index is -0.430. The first-order valence-corrected chi connectivity index (χ1v) is 8.02. The van der Waals surface area contributed by atoms with E-state index >= 15 is 0 Å². The molecule has 1 aliphatic heterocycles. The average molecular weight is 286 g/mol. The van der Waals surface area contributed by atoms with Crippen molar-refractivity contribution in [1.82, 2.24) is 5.32 Å². The van der Waals surface area contributed by atoms with E-state index in [4.69, 9.17) is 0 Å². The van der Waals surface area contributed by atoms with Crippen molar-refractivity contribution in [3.63, 3.8) is 0 Å². The second-order valence-electron chi connectivity index (χ2n) is 7.47. The Labute approximate surface area is 127 Å². The third-order valence-corrected chi connectivity index (χ3v) is 5.60. The van der Waals surface area contributed by atoms with E-state index in [0.29, 0.717) is 11.5 Å². The van der Waals surface area contributed by atoms with Crippen LogP contribution < -0.4 is 10.6 Å². The molecule has 1 unspecified atom stereocenters. The zero-order valence-corrected chi connectivity index (χ0v) is 13.5. The number of hydrogen-bond acceptors (Lipinski definition) is 2. The van der Waals surface area contributed by atoms with Gasteiger partial charge >= 0.3 is 0 Å². The lowest BCUT2D eigenvalue weighted by molar-refractivity contribution is -0.119. The fourth-order valence-corrected chi connectivity index (χ4v) is 4.16. The molecular weight excluding hydrogens is 260 g/mol. The van der Waals surface area contributed by atoms with Gasteiger partial charge in [-0.15, -0.1) is 0 Å². The maximum absolute atomic E-state index is 12.1. The molecule has 3 nitrogen and oxygen atoms in total. The quantitative estimate of drug-likeness (QED) is 0.888. The highest BCUT2D eigenvalue weighted by Gasteiger charge is 2.41. The Hall–Kier alpha value is -1.35. The molecule has 1 aliphatic carbocycles. The third kappa shape index (κ3) is 2.18. The van der Waals surface area contributed by atoms with Crippen molar-refractivity contribution in [3.8, 4) is 0 Å². The molecule has 1 atom stereocenters. The first-order chi connectivity index (χ1) is 9.88. The van der Waals surface area contributed by atoms with Crippen LogP contribution in [-0.4, -0.2) is 13.0 Å². The van der Waals surface area contributed by atoms with Gasteiger partial charge in [-0.1, -0.05) is 31.9 Å². The van der Waals surface area contributed by atoms with Crippen LogP contribution in [0.4, 0.5) is 5.69 Å². The van der Waals surface area contributed by atoms with E-state index < -0.39 is 5.41 Å². The zero-order chi connectivity index (χ0) is 15.3. The van der Waals surface area contributed by atoms with Crippen LogP contribution in [0.1, 0.15) is 63.6 Å². The summed E-state index contributed by atoms with van der Waals surface area (Å²) in [5.74, 6) is 0.0998. The van der Waals surface area contributed by atoms with E-state index in [1.807, 2.05) is 13.8 Å². The SMILES string of the molecule is CNC(c1ccc2c(c1)C(C)(C)C(=O)N2)C1(C)CCCC1. The van der Waals surface area contributed by atoms with Crippen LogP contribution in [0.5, 0.6) is 0 Å². The third-order valence-electron chi connectivity index (χ3n) is 5.60. The van der Waals surface area contributed by atoms with Gasteiger partial charge in [0.15, 0.2) is 0 Å². The van der Waals surface area contributed by atoms with Crippen LogP contribution in [0.25, 0.3) is 0 Å². The molecule has 2 aliphatic rings. The monoisotopic (exact) mass is 286 g/mol. The predicted octanol–water partition coefficient (Wildman–Crippen LogP) is 3.76. The lowest BCUT2D eigenvalue weighted by Crippen LogP contribution is -2.32. The lowest BCUT2D eigenvalue weighted by Gasteiger charge is -2.35. The predicted molar refractivity (Wildman–Crippen MR) is 86.5 cm³/mol. The highest BCUT2D eigenvalue weighted by molar-refractivity contribution is 6.05. The molecular formula is C18H26N2O. The fraction of sp³-hybridized carbons (Fsp3) is 0.611. The summed E-state index contributed by atoms with van der Waals surface area (Å²) in [6.07, 6.45) is 5.20. The number of fused-ring (bicyclic) bond motifs is 1. The standard InChI is InChI=1S/C18H26N2O/c1-17(2)13-11-12(7-8-14(13)20-16(17)21)15(19-4)18(3)9-5-6-10-18/h7-8,11,15,19H,5-6,9-10H2,1-4H3,(H,20,21). The minimum absolute atomic E-state index is 0.0998. The average Bonchev–Trinajstić information content (AvgIpc) is 2.96. The summed E-state index contributed by atoms with van der Waals surface area (Å²) in [6, 6.07) is 6.83. The van der Waals surface area contributed by atoms with Gasteiger partial charge in [0.1, 0.15) is 0 Å². The molecule has 0 bridgehead atoms. The zero-order valence-electron chi connectivity index (χ0n) is 13.5. The molecule has 3 heteroatoms. The summed E-state index contributed by atoms with van der Waals surface area (Å²) in [5.41, 5.74) is 3.31.